The maximum Gasteiger partial charge on any atom is 0.324 e. The van der Waals surface area contributed by atoms with Gasteiger partial charge in [0.2, 0.25) is 0 Å². The van der Waals surface area contributed by atoms with Crippen LogP contribution in [0.25, 0.3) is 0 Å². The summed E-state index contributed by atoms with van der Waals surface area (Å²) in [6.07, 6.45) is 5.26. The standard InChI is InChI=1S/C22H27N7O3/c1-14(2)29-18-11-23-13-28(17(18)12-24-29)32-16-8-6-15(7-9-16)25-21(30)26-20-10-19(31-27-20)22(3,4)5/h6-14,24H,1-5H3,(H2,25,26,27,30). The summed E-state index contributed by atoms with van der Waals surface area (Å²) in [5, 5.41) is 12.9. The summed E-state index contributed by atoms with van der Waals surface area (Å²) in [4.78, 5) is 22.5. The van der Waals surface area contributed by atoms with Gasteiger partial charge in [-0.25, -0.2) is 9.79 Å². The van der Waals surface area contributed by atoms with E-state index >= 15 is 0 Å². The first-order valence-electron chi connectivity index (χ1n) is 10.3. The molecule has 0 radical (unpaired) electrons. The first-order valence-corrected chi connectivity index (χ1v) is 10.3. The van der Waals surface area contributed by atoms with Crippen LogP contribution >= 0.6 is 0 Å². The van der Waals surface area contributed by atoms with Crippen LogP contribution in [0.5, 0.6) is 5.75 Å². The minimum Gasteiger partial charge on any atom is -0.374 e. The van der Waals surface area contributed by atoms with Gasteiger partial charge >= 0.3 is 6.03 Å². The van der Waals surface area contributed by atoms with Crippen molar-refractivity contribution < 1.29 is 14.2 Å². The van der Waals surface area contributed by atoms with E-state index < -0.39 is 6.03 Å². The van der Waals surface area contributed by atoms with Gasteiger partial charge in [0, 0.05) is 29.4 Å². The number of urea groups is 1. The summed E-state index contributed by atoms with van der Waals surface area (Å²) in [6, 6.07) is 8.58. The zero-order valence-electron chi connectivity index (χ0n) is 18.7. The number of hydrazine groups is 1. The number of aliphatic imine (C=N–C) groups is 1. The van der Waals surface area contributed by atoms with E-state index in [1.807, 2.05) is 32.0 Å². The Bertz CT molecular complexity index is 1080. The van der Waals surface area contributed by atoms with Crippen molar-refractivity contribution >= 4 is 23.9 Å². The summed E-state index contributed by atoms with van der Waals surface area (Å²) in [5.41, 5.74) is 5.42. The third-order valence-corrected chi connectivity index (χ3v) is 4.79. The Balaban J connectivity index is 1.34. The SMILES string of the molecule is CC(C)N1NC=C2C1=CN=CN2Oc1ccc(NC(=O)Nc2cc(C(C)(C)C)on2)cc1. The van der Waals surface area contributed by atoms with Gasteiger partial charge in [-0.2, -0.15) is 5.06 Å². The van der Waals surface area contributed by atoms with Gasteiger partial charge in [0.1, 0.15) is 23.5 Å². The number of amides is 2. The normalized spacial score (nSPS) is 15.2. The van der Waals surface area contributed by atoms with Gasteiger partial charge in [-0.3, -0.25) is 10.3 Å². The molecule has 10 nitrogen and oxygen atoms in total. The molecule has 1 aromatic heterocycles. The highest BCUT2D eigenvalue weighted by atomic mass is 16.7. The van der Waals surface area contributed by atoms with Gasteiger partial charge in [-0.1, -0.05) is 25.9 Å². The molecule has 10 heteroatoms. The van der Waals surface area contributed by atoms with Gasteiger partial charge in [-0.15, -0.1) is 0 Å². The average Bonchev–Trinajstić information content (AvgIpc) is 3.37. The fourth-order valence-corrected chi connectivity index (χ4v) is 3.11. The van der Waals surface area contributed by atoms with Crippen LogP contribution in [0.1, 0.15) is 40.4 Å². The molecule has 2 aliphatic heterocycles. The van der Waals surface area contributed by atoms with Crippen LogP contribution in [0.2, 0.25) is 0 Å². The van der Waals surface area contributed by atoms with Crippen LogP contribution in [0.3, 0.4) is 0 Å². The van der Waals surface area contributed by atoms with Crippen molar-refractivity contribution in [1.29, 1.82) is 0 Å². The number of nitrogens with zero attached hydrogens (tertiary/aromatic N) is 4. The van der Waals surface area contributed by atoms with Crippen LogP contribution < -0.4 is 20.9 Å². The number of benzene rings is 1. The minimum absolute atomic E-state index is 0.188. The number of aromatic nitrogens is 1. The molecule has 4 rings (SSSR count). The van der Waals surface area contributed by atoms with E-state index in [1.165, 1.54) is 0 Å². The van der Waals surface area contributed by atoms with Gasteiger partial charge in [0.05, 0.1) is 6.20 Å². The number of fused-ring (bicyclic) bond motifs is 1. The monoisotopic (exact) mass is 437 g/mol. The second kappa shape index (κ2) is 8.29. The zero-order chi connectivity index (χ0) is 22.9. The summed E-state index contributed by atoms with van der Waals surface area (Å²) in [5.74, 6) is 1.64. The molecule has 0 unspecified atom stereocenters. The third-order valence-electron chi connectivity index (χ3n) is 4.79. The molecule has 2 aromatic rings. The Morgan fingerprint density at radius 3 is 2.56 bits per heavy atom. The average molecular weight is 438 g/mol. The number of hydroxylamine groups is 2. The van der Waals surface area contributed by atoms with Gasteiger partial charge < -0.3 is 20.1 Å². The molecule has 0 spiro atoms. The van der Waals surface area contributed by atoms with E-state index in [0.717, 1.165) is 11.4 Å². The second-order valence-corrected chi connectivity index (χ2v) is 8.75. The van der Waals surface area contributed by atoms with E-state index in [-0.39, 0.29) is 11.5 Å². The van der Waals surface area contributed by atoms with Crippen molar-refractivity contribution in [3.8, 4) is 5.75 Å². The van der Waals surface area contributed by atoms with E-state index in [1.54, 1.807) is 47.9 Å². The second-order valence-electron chi connectivity index (χ2n) is 8.75. The van der Waals surface area contributed by atoms with Crippen molar-refractivity contribution in [3.63, 3.8) is 0 Å². The minimum atomic E-state index is -0.415. The van der Waals surface area contributed by atoms with Gasteiger partial charge in [0.25, 0.3) is 0 Å². The van der Waals surface area contributed by atoms with Crippen molar-refractivity contribution in [2.45, 2.75) is 46.1 Å². The number of hydrogen-bond acceptors (Lipinski definition) is 8. The molecule has 0 bridgehead atoms. The highest BCUT2D eigenvalue weighted by molar-refractivity contribution is 5.99. The molecule has 0 atom stereocenters. The molecule has 0 aliphatic carbocycles. The predicted molar refractivity (Wildman–Crippen MR) is 122 cm³/mol. The van der Waals surface area contributed by atoms with Gasteiger partial charge in [-0.05, 0) is 38.1 Å². The maximum absolute atomic E-state index is 12.3. The van der Waals surface area contributed by atoms with Gasteiger partial charge in [0.15, 0.2) is 11.6 Å². The zero-order valence-corrected chi connectivity index (χ0v) is 18.7. The lowest BCUT2D eigenvalue weighted by Crippen LogP contribution is -2.37. The molecule has 2 amide bonds. The van der Waals surface area contributed by atoms with Crippen molar-refractivity contribution in [2.24, 2.45) is 4.99 Å². The maximum atomic E-state index is 12.3. The van der Waals surface area contributed by atoms with E-state index in [4.69, 9.17) is 9.36 Å². The molecular formula is C22H27N7O3. The summed E-state index contributed by atoms with van der Waals surface area (Å²) < 4.78 is 5.28. The quantitative estimate of drug-likeness (QED) is 0.644. The van der Waals surface area contributed by atoms with Crippen molar-refractivity contribution in [3.05, 3.63) is 59.9 Å². The third kappa shape index (κ3) is 4.53. The van der Waals surface area contributed by atoms with Crippen LogP contribution in [0.15, 0.2) is 63.6 Å². The van der Waals surface area contributed by atoms with Crippen LogP contribution in [-0.2, 0) is 5.41 Å². The number of rotatable bonds is 5. The van der Waals surface area contributed by atoms with Crippen LogP contribution in [0.4, 0.5) is 16.3 Å². The Hall–Kier alpha value is -3.95. The highest BCUT2D eigenvalue weighted by Gasteiger charge is 2.29. The van der Waals surface area contributed by atoms with Crippen molar-refractivity contribution in [2.75, 3.05) is 10.6 Å². The molecule has 2 aliphatic rings. The molecule has 3 N–H and O–H groups in total. The molecule has 3 heterocycles. The van der Waals surface area contributed by atoms with Crippen molar-refractivity contribution in [1.82, 2.24) is 20.7 Å². The Labute approximate surface area is 186 Å². The molecule has 0 fully saturated rings. The van der Waals surface area contributed by atoms with Crippen LogP contribution in [0, 0.1) is 0 Å². The molecule has 0 saturated heterocycles. The lowest BCUT2D eigenvalue weighted by molar-refractivity contribution is 0.0614. The number of carbonyl (C=O) groups is 1. The Kier molecular flexibility index (Phi) is 5.52. The topological polar surface area (TPSA) is 107 Å². The summed E-state index contributed by atoms with van der Waals surface area (Å²) >= 11 is 0. The lowest BCUT2D eigenvalue weighted by atomic mass is 9.93. The van der Waals surface area contributed by atoms with E-state index in [9.17, 15) is 4.79 Å². The molecule has 32 heavy (non-hydrogen) atoms. The summed E-state index contributed by atoms with van der Waals surface area (Å²) in [6.45, 7) is 10.2. The summed E-state index contributed by atoms with van der Waals surface area (Å²) in [7, 11) is 0. The van der Waals surface area contributed by atoms with E-state index in [0.29, 0.717) is 23.0 Å². The molecular weight excluding hydrogens is 410 g/mol. The number of nitrogens with one attached hydrogen (secondary N) is 3. The number of hydrogen-bond donors (Lipinski definition) is 3. The Morgan fingerprint density at radius 1 is 1.16 bits per heavy atom. The molecule has 168 valence electrons. The molecule has 1 aromatic carbocycles. The fourth-order valence-electron chi connectivity index (χ4n) is 3.11. The first-order chi connectivity index (χ1) is 15.2. The highest BCUT2D eigenvalue weighted by Crippen LogP contribution is 2.28. The molecule has 0 saturated carbocycles. The number of carbonyl (C=O) groups excluding carboxylic acids is 1. The lowest BCUT2D eigenvalue weighted by Gasteiger charge is -2.29. The number of anilines is 2. The van der Waals surface area contributed by atoms with E-state index in [2.05, 4.69) is 40.1 Å². The predicted octanol–water partition coefficient (Wildman–Crippen LogP) is 4.17. The largest absolute Gasteiger partial charge is 0.374 e. The smallest absolute Gasteiger partial charge is 0.324 e. The fraction of sp³-hybridized carbons (Fsp3) is 0.318. The first kappa shape index (κ1) is 21.3. The van der Waals surface area contributed by atoms with Crippen LogP contribution in [-0.4, -0.2) is 33.6 Å². The Morgan fingerprint density at radius 2 is 1.91 bits per heavy atom.